The van der Waals surface area contributed by atoms with Gasteiger partial charge in [-0.25, -0.2) is 9.97 Å². The number of nitrogens with zero attached hydrogens (tertiary/aromatic N) is 3. The van der Waals surface area contributed by atoms with Crippen molar-refractivity contribution in [2.45, 2.75) is 6.54 Å². The van der Waals surface area contributed by atoms with Crippen molar-refractivity contribution in [2.75, 3.05) is 5.32 Å². The van der Waals surface area contributed by atoms with Gasteiger partial charge in [-0.15, -0.1) is 11.3 Å². The fourth-order valence-corrected chi connectivity index (χ4v) is 1.86. The summed E-state index contributed by atoms with van der Waals surface area (Å²) in [4.78, 5) is 9.64. The standard InChI is InChI=1S/C10H8N4S/c11-3-9-1-2-10(15-9)6-14-8-4-12-7-13-5-8/h1-2,4-5,7,14H,6H2. The Balaban J connectivity index is 1.97. The van der Waals surface area contributed by atoms with Crippen molar-refractivity contribution >= 4 is 17.0 Å². The Morgan fingerprint density at radius 2 is 2.13 bits per heavy atom. The third kappa shape index (κ3) is 2.51. The van der Waals surface area contributed by atoms with Crippen LogP contribution < -0.4 is 5.32 Å². The summed E-state index contributed by atoms with van der Waals surface area (Å²) in [7, 11) is 0. The van der Waals surface area contributed by atoms with Crippen molar-refractivity contribution in [2.24, 2.45) is 0 Å². The number of nitrogens with one attached hydrogen (secondary N) is 1. The third-order valence-electron chi connectivity index (χ3n) is 1.80. The van der Waals surface area contributed by atoms with Crippen LogP contribution in [0.1, 0.15) is 9.75 Å². The lowest BCUT2D eigenvalue weighted by molar-refractivity contribution is 1.12. The van der Waals surface area contributed by atoms with Crippen molar-refractivity contribution in [3.05, 3.63) is 40.6 Å². The second kappa shape index (κ2) is 4.53. The van der Waals surface area contributed by atoms with Crippen molar-refractivity contribution < 1.29 is 0 Å². The molecule has 2 heterocycles. The van der Waals surface area contributed by atoms with E-state index in [1.807, 2.05) is 12.1 Å². The summed E-state index contributed by atoms with van der Waals surface area (Å²) >= 11 is 1.49. The van der Waals surface area contributed by atoms with E-state index in [-0.39, 0.29) is 0 Å². The zero-order valence-electron chi connectivity index (χ0n) is 7.84. The number of hydrogen-bond donors (Lipinski definition) is 1. The average Bonchev–Trinajstić information content (AvgIpc) is 2.76. The molecule has 0 bridgehead atoms. The number of nitriles is 1. The number of rotatable bonds is 3. The molecule has 0 fully saturated rings. The molecule has 4 nitrogen and oxygen atoms in total. The van der Waals surface area contributed by atoms with Crippen LogP contribution in [0.4, 0.5) is 5.69 Å². The van der Waals surface area contributed by atoms with E-state index in [4.69, 9.17) is 5.26 Å². The molecule has 0 saturated heterocycles. The minimum absolute atomic E-state index is 0.694. The molecular formula is C10H8N4S. The second-order valence-electron chi connectivity index (χ2n) is 2.86. The molecule has 15 heavy (non-hydrogen) atoms. The predicted molar refractivity (Wildman–Crippen MR) is 58.4 cm³/mol. The zero-order valence-corrected chi connectivity index (χ0v) is 8.66. The highest BCUT2D eigenvalue weighted by Crippen LogP contribution is 2.16. The summed E-state index contributed by atoms with van der Waals surface area (Å²) in [6, 6.07) is 5.88. The van der Waals surface area contributed by atoms with E-state index in [0.29, 0.717) is 6.54 Å². The van der Waals surface area contributed by atoms with Crippen LogP contribution in [0.3, 0.4) is 0 Å². The largest absolute Gasteiger partial charge is 0.378 e. The highest BCUT2D eigenvalue weighted by molar-refractivity contribution is 7.12. The van der Waals surface area contributed by atoms with Crippen LogP contribution in [0.2, 0.25) is 0 Å². The molecule has 0 aromatic carbocycles. The summed E-state index contributed by atoms with van der Waals surface area (Å²) in [6.45, 7) is 0.694. The van der Waals surface area contributed by atoms with E-state index in [2.05, 4.69) is 21.4 Å². The van der Waals surface area contributed by atoms with Crippen LogP contribution in [0, 0.1) is 11.3 Å². The second-order valence-corrected chi connectivity index (χ2v) is 4.03. The maximum absolute atomic E-state index is 8.66. The first-order valence-electron chi connectivity index (χ1n) is 4.36. The fraction of sp³-hybridized carbons (Fsp3) is 0.100. The molecule has 0 aliphatic carbocycles. The molecule has 0 atom stereocenters. The number of anilines is 1. The first-order valence-corrected chi connectivity index (χ1v) is 5.18. The Bertz CT molecular complexity index is 472. The lowest BCUT2D eigenvalue weighted by Gasteiger charge is -2.01. The monoisotopic (exact) mass is 216 g/mol. The summed E-state index contributed by atoms with van der Waals surface area (Å²) in [6.07, 6.45) is 4.92. The SMILES string of the molecule is N#Cc1ccc(CNc2cncnc2)s1. The Labute approximate surface area is 91.2 Å². The van der Waals surface area contributed by atoms with Gasteiger partial charge in [0.25, 0.3) is 0 Å². The van der Waals surface area contributed by atoms with Crippen LogP contribution in [0.15, 0.2) is 30.9 Å². The first-order chi connectivity index (χ1) is 7.38. The molecule has 0 saturated carbocycles. The smallest absolute Gasteiger partial charge is 0.115 e. The normalized spacial score (nSPS) is 9.53. The molecule has 0 unspecified atom stereocenters. The van der Waals surface area contributed by atoms with Crippen molar-refractivity contribution in [1.29, 1.82) is 5.26 Å². The van der Waals surface area contributed by atoms with Crippen molar-refractivity contribution in [1.82, 2.24) is 9.97 Å². The quantitative estimate of drug-likeness (QED) is 0.852. The van der Waals surface area contributed by atoms with Crippen LogP contribution in [0.5, 0.6) is 0 Å². The summed E-state index contributed by atoms with van der Waals surface area (Å²) in [5.74, 6) is 0. The molecular weight excluding hydrogens is 208 g/mol. The molecule has 0 aliphatic heterocycles. The van der Waals surface area contributed by atoms with Gasteiger partial charge in [-0.3, -0.25) is 0 Å². The van der Waals surface area contributed by atoms with Crippen molar-refractivity contribution in [3.8, 4) is 6.07 Å². The third-order valence-corrected chi connectivity index (χ3v) is 2.79. The lowest BCUT2D eigenvalue weighted by Crippen LogP contribution is -1.97. The van der Waals surface area contributed by atoms with Gasteiger partial charge in [0.1, 0.15) is 17.3 Å². The van der Waals surface area contributed by atoms with Gasteiger partial charge in [0.05, 0.1) is 18.1 Å². The van der Waals surface area contributed by atoms with E-state index in [9.17, 15) is 0 Å². The molecule has 2 aromatic heterocycles. The Morgan fingerprint density at radius 1 is 1.33 bits per heavy atom. The molecule has 0 spiro atoms. The Hall–Kier alpha value is -1.93. The highest BCUT2D eigenvalue weighted by Gasteiger charge is 1.98. The molecule has 5 heteroatoms. The lowest BCUT2D eigenvalue weighted by atomic mass is 10.4. The fourth-order valence-electron chi connectivity index (χ4n) is 1.11. The average molecular weight is 216 g/mol. The number of thiophene rings is 1. The molecule has 0 aliphatic rings. The van der Waals surface area contributed by atoms with Crippen molar-refractivity contribution in [3.63, 3.8) is 0 Å². The van der Waals surface area contributed by atoms with E-state index in [1.165, 1.54) is 17.7 Å². The predicted octanol–water partition coefficient (Wildman–Crippen LogP) is 2.02. The van der Waals surface area contributed by atoms with Gasteiger partial charge in [-0.2, -0.15) is 5.26 Å². The van der Waals surface area contributed by atoms with Crippen LogP contribution in [-0.4, -0.2) is 9.97 Å². The van der Waals surface area contributed by atoms with Gasteiger partial charge in [0.2, 0.25) is 0 Å². The molecule has 1 N–H and O–H groups in total. The van der Waals surface area contributed by atoms with Gasteiger partial charge in [-0.05, 0) is 12.1 Å². The number of aromatic nitrogens is 2. The molecule has 0 radical (unpaired) electrons. The van der Waals surface area contributed by atoms with Crippen LogP contribution in [-0.2, 0) is 6.54 Å². The van der Waals surface area contributed by atoms with E-state index < -0.39 is 0 Å². The summed E-state index contributed by atoms with van der Waals surface area (Å²) < 4.78 is 0. The van der Waals surface area contributed by atoms with E-state index >= 15 is 0 Å². The Kier molecular flexibility index (Phi) is 2.90. The molecule has 0 amide bonds. The molecule has 2 rings (SSSR count). The maximum Gasteiger partial charge on any atom is 0.115 e. The molecule has 2 aromatic rings. The minimum Gasteiger partial charge on any atom is -0.378 e. The zero-order chi connectivity index (χ0) is 10.5. The number of hydrogen-bond acceptors (Lipinski definition) is 5. The molecule has 74 valence electrons. The van der Waals surface area contributed by atoms with Gasteiger partial charge in [-0.1, -0.05) is 0 Å². The summed E-state index contributed by atoms with van der Waals surface area (Å²) in [5, 5.41) is 11.8. The van der Waals surface area contributed by atoms with Crippen LogP contribution in [0.25, 0.3) is 0 Å². The van der Waals surface area contributed by atoms with Gasteiger partial charge >= 0.3 is 0 Å². The maximum atomic E-state index is 8.66. The Morgan fingerprint density at radius 3 is 2.80 bits per heavy atom. The van der Waals surface area contributed by atoms with Gasteiger partial charge < -0.3 is 5.32 Å². The van der Waals surface area contributed by atoms with Gasteiger partial charge in [0.15, 0.2) is 0 Å². The first kappa shape index (κ1) is 9.62. The highest BCUT2D eigenvalue weighted by atomic mass is 32.1. The van der Waals surface area contributed by atoms with Gasteiger partial charge in [0, 0.05) is 11.4 Å². The topological polar surface area (TPSA) is 61.6 Å². The van der Waals surface area contributed by atoms with E-state index in [0.717, 1.165) is 15.4 Å². The summed E-state index contributed by atoms with van der Waals surface area (Å²) in [5.41, 5.74) is 0.879. The van der Waals surface area contributed by atoms with E-state index in [1.54, 1.807) is 12.4 Å². The minimum atomic E-state index is 0.694. The van der Waals surface area contributed by atoms with Crippen LogP contribution >= 0.6 is 11.3 Å².